The Hall–Kier alpha value is -3.52. The number of benzene rings is 2. The fourth-order valence-corrected chi connectivity index (χ4v) is 4.23. The molecule has 0 aliphatic heterocycles. The number of aromatic nitrogens is 1. The van der Waals surface area contributed by atoms with Crippen LogP contribution in [0, 0.1) is 20.8 Å². The molecule has 0 saturated heterocycles. The summed E-state index contributed by atoms with van der Waals surface area (Å²) in [6, 6.07) is 17.1. The number of nitrogens with zero attached hydrogens (tertiary/aromatic N) is 3. The van der Waals surface area contributed by atoms with E-state index in [-0.39, 0.29) is 4.90 Å². The summed E-state index contributed by atoms with van der Waals surface area (Å²) in [5.41, 5.74) is 6.25. The van der Waals surface area contributed by atoms with Crippen LogP contribution in [-0.4, -0.2) is 32.1 Å². The molecule has 160 valence electrons. The lowest BCUT2D eigenvalue weighted by Gasteiger charge is -2.24. The Morgan fingerprint density at radius 2 is 1.77 bits per heavy atom. The largest absolute Gasteiger partial charge is 0.271 e. The van der Waals surface area contributed by atoms with Crippen molar-refractivity contribution in [3.8, 4) is 0 Å². The van der Waals surface area contributed by atoms with Gasteiger partial charge in [-0.15, -0.1) is 0 Å². The third-order valence-corrected chi connectivity index (χ3v) is 6.54. The van der Waals surface area contributed by atoms with Gasteiger partial charge in [-0.2, -0.15) is 5.10 Å². The zero-order valence-corrected chi connectivity index (χ0v) is 18.4. The summed E-state index contributed by atoms with van der Waals surface area (Å²) in [7, 11) is -3.96. The smallest absolute Gasteiger partial charge is 0.264 e. The zero-order chi connectivity index (χ0) is 22.4. The van der Waals surface area contributed by atoms with E-state index in [0.717, 1.165) is 21.0 Å². The third kappa shape index (κ3) is 5.55. The molecular weight excluding hydrogens is 412 g/mol. The molecule has 0 aliphatic carbocycles. The molecule has 0 atom stereocenters. The average Bonchev–Trinajstić information content (AvgIpc) is 2.75. The van der Waals surface area contributed by atoms with Crippen molar-refractivity contribution in [1.29, 1.82) is 0 Å². The first-order chi connectivity index (χ1) is 14.8. The van der Waals surface area contributed by atoms with Crippen molar-refractivity contribution in [1.82, 2.24) is 10.4 Å². The molecule has 0 radical (unpaired) electrons. The molecule has 0 spiro atoms. The molecule has 0 fully saturated rings. The number of hydrogen-bond acceptors (Lipinski definition) is 5. The first-order valence-electron chi connectivity index (χ1n) is 9.67. The van der Waals surface area contributed by atoms with E-state index < -0.39 is 22.5 Å². The highest BCUT2D eigenvalue weighted by Gasteiger charge is 2.27. The van der Waals surface area contributed by atoms with Crippen molar-refractivity contribution in [2.75, 3.05) is 10.8 Å². The third-order valence-electron chi connectivity index (χ3n) is 4.75. The van der Waals surface area contributed by atoms with Gasteiger partial charge in [-0.25, -0.2) is 13.8 Å². The maximum atomic E-state index is 13.4. The van der Waals surface area contributed by atoms with Crippen molar-refractivity contribution in [3.05, 3.63) is 89.2 Å². The summed E-state index contributed by atoms with van der Waals surface area (Å²) in [4.78, 5) is 16.7. The highest BCUT2D eigenvalue weighted by molar-refractivity contribution is 7.92. The van der Waals surface area contributed by atoms with E-state index in [1.54, 1.807) is 48.7 Å². The molecule has 3 aromatic rings. The van der Waals surface area contributed by atoms with Crippen LogP contribution in [0.4, 0.5) is 5.69 Å². The summed E-state index contributed by atoms with van der Waals surface area (Å²) in [6.07, 6.45) is 3.01. The molecule has 0 bridgehead atoms. The monoisotopic (exact) mass is 436 g/mol. The number of carbonyl (C=O) groups excluding carboxylic acids is 1. The molecule has 7 nitrogen and oxygen atoms in total. The summed E-state index contributed by atoms with van der Waals surface area (Å²) in [5.74, 6) is -0.568. The van der Waals surface area contributed by atoms with Crippen molar-refractivity contribution in [2.24, 2.45) is 5.10 Å². The quantitative estimate of drug-likeness (QED) is 0.454. The van der Waals surface area contributed by atoms with Gasteiger partial charge in [0.25, 0.3) is 15.9 Å². The van der Waals surface area contributed by atoms with E-state index in [2.05, 4.69) is 15.5 Å². The van der Waals surface area contributed by atoms with Gasteiger partial charge < -0.3 is 0 Å². The molecule has 8 heteroatoms. The normalized spacial score (nSPS) is 11.5. The first kappa shape index (κ1) is 22.2. The van der Waals surface area contributed by atoms with Crippen molar-refractivity contribution < 1.29 is 13.2 Å². The van der Waals surface area contributed by atoms with Gasteiger partial charge >= 0.3 is 0 Å². The Balaban J connectivity index is 1.88. The highest BCUT2D eigenvalue weighted by atomic mass is 32.2. The van der Waals surface area contributed by atoms with Crippen molar-refractivity contribution >= 4 is 27.8 Å². The zero-order valence-electron chi connectivity index (χ0n) is 17.6. The lowest BCUT2D eigenvalue weighted by Crippen LogP contribution is -2.39. The van der Waals surface area contributed by atoms with Crippen LogP contribution < -0.4 is 9.73 Å². The second-order valence-electron chi connectivity index (χ2n) is 7.14. The van der Waals surface area contributed by atoms with Gasteiger partial charge in [-0.05, 0) is 68.3 Å². The topological polar surface area (TPSA) is 91.7 Å². The van der Waals surface area contributed by atoms with Crippen molar-refractivity contribution in [3.63, 3.8) is 0 Å². The lowest BCUT2D eigenvalue weighted by molar-refractivity contribution is -0.119. The maximum Gasteiger partial charge on any atom is 0.264 e. The van der Waals surface area contributed by atoms with Crippen LogP contribution in [0.1, 0.15) is 22.4 Å². The predicted octanol–water partition coefficient (Wildman–Crippen LogP) is 3.35. The number of sulfonamides is 1. The summed E-state index contributed by atoms with van der Waals surface area (Å²) in [6.45, 7) is 5.30. The minimum Gasteiger partial charge on any atom is -0.271 e. The van der Waals surface area contributed by atoms with Crippen LogP contribution in [-0.2, 0) is 14.8 Å². The molecule has 0 saturated carbocycles. The number of aryl methyl sites for hydroxylation is 3. The van der Waals surface area contributed by atoms with Gasteiger partial charge in [0.1, 0.15) is 6.54 Å². The standard InChI is InChI=1S/C23H24N4O3S/c1-17-7-11-22(12-8-17)31(29,30)27(21-10-9-18(2)19(3)14-21)16-23(28)26-25-15-20-6-4-5-13-24-20/h4-15H,16H2,1-3H3,(H,26,28)/b25-15-. The van der Waals surface area contributed by atoms with E-state index in [0.29, 0.717) is 11.4 Å². The number of amides is 1. The Labute approximate surface area is 182 Å². The van der Waals surface area contributed by atoms with Gasteiger partial charge in [-0.1, -0.05) is 29.8 Å². The summed E-state index contributed by atoms with van der Waals surface area (Å²) in [5, 5.41) is 3.88. The molecular formula is C23H24N4O3S. The van der Waals surface area contributed by atoms with Gasteiger partial charge in [-0.3, -0.25) is 14.1 Å². The van der Waals surface area contributed by atoms with Gasteiger partial charge in [0, 0.05) is 6.20 Å². The molecule has 1 heterocycles. The first-order valence-corrected chi connectivity index (χ1v) is 11.1. The number of nitrogens with one attached hydrogen (secondary N) is 1. The fraction of sp³-hybridized carbons (Fsp3) is 0.174. The van der Waals surface area contributed by atoms with Crippen LogP contribution in [0.5, 0.6) is 0 Å². The van der Waals surface area contributed by atoms with E-state index in [9.17, 15) is 13.2 Å². The Bertz CT molecular complexity index is 1190. The van der Waals surface area contributed by atoms with Crippen LogP contribution in [0.15, 0.2) is 76.9 Å². The van der Waals surface area contributed by atoms with E-state index in [1.807, 2.05) is 26.8 Å². The second-order valence-corrected chi connectivity index (χ2v) is 9.00. The second kappa shape index (κ2) is 9.53. The number of carbonyl (C=O) groups is 1. The van der Waals surface area contributed by atoms with Crippen molar-refractivity contribution in [2.45, 2.75) is 25.7 Å². The molecule has 0 unspecified atom stereocenters. The van der Waals surface area contributed by atoms with E-state index >= 15 is 0 Å². The Morgan fingerprint density at radius 1 is 1.03 bits per heavy atom. The SMILES string of the molecule is Cc1ccc(S(=O)(=O)N(CC(=O)N/N=C\c2ccccn2)c2ccc(C)c(C)c2)cc1. The lowest BCUT2D eigenvalue weighted by atomic mass is 10.1. The van der Waals surface area contributed by atoms with Crippen LogP contribution in [0.25, 0.3) is 0 Å². The number of rotatable bonds is 7. The summed E-state index contributed by atoms with van der Waals surface area (Å²) >= 11 is 0. The fourth-order valence-electron chi connectivity index (χ4n) is 2.82. The number of anilines is 1. The van der Waals surface area contributed by atoms with Crippen LogP contribution >= 0.6 is 0 Å². The molecule has 1 N–H and O–H groups in total. The minimum atomic E-state index is -3.96. The molecule has 31 heavy (non-hydrogen) atoms. The molecule has 2 aromatic carbocycles. The minimum absolute atomic E-state index is 0.112. The van der Waals surface area contributed by atoms with Gasteiger partial charge in [0.05, 0.1) is 22.5 Å². The molecule has 1 aromatic heterocycles. The van der Waals surface area contributed by atoms with E-state index in [4.69, 9.17) is 0 Å². The predicted molar refractivity (Wildman–Crippen MR) is 122 cm³/mol. The van der Waals surface area contributed by atoms with Gasteiger partial charge in [0.2, 0.25) is 0 Å². The van der Waals surface area contributed by atoms with Crippen LogP contribution in [0.2, 0.25) is 0 Å². The maximum absolute atomic E-state index is 13.4. The molecule has 1 amide bonds. The molecule has 0 aliphatic rings. The average molecular weight is 437 g/mol. The number of hydrazone groups is 1. The number of pyridine rings is 1. The van der Waals surface area contributed by atoms with Crippen LogP contribution in [0.3, 0.4) is 0 Å². The summed E-state index contributed by atoms with van der Waals surface area (Å²) < 4.78 is 27.8. The molecule has 3 rings (SSSR count). The number of hydrogen-bond donors (Lipinski definition) is 1. The van der Waals surface area contributed by atoms with Gasteiger partial charge in [0.15, 0.2) is 0 Å². The van der Waals surface area contributed by atoms with E-state index in [1.165, 1.54) is 18.3 Å². The Kier molecular flexibility index (Phi) is 6.81. The highest BCUT2D eigenvalue weighted by Crippen LogP contribution is 2.25. The Morgan fingerprint density at radius 3 is 2.42 bits per heavy atom.